The third kappa shape index (κ3) is 2.18. The number of ether oxygens (including phenoxy) is 1. The molecule has 3 N–H and O–H groups in total. The van der Waals surface area contributed by atoms with Crippen LogP contribution in [0.25, 0.3) is 0 Å². The number of benzene rings is 2. The van der Waals surface area contributed by atoms with Crippen LogP contribution in [0.15, 0.2) is 36.4 Å². The van der Waals surface area contributed by atoms with E-state index in [1.165, 1.54) is 13.2 Å². The first-order valence-corrected chi connectivity index (χ1v) is 5.48. The summed E-state index contributed by atoms with van der Waals surface area (Å²) in [6.45, 7) is 0. The fraction of sp³-hybridized carbons (Fsp3) is 0.0714. The van der Waals surface area contributed by atoms with Crippen LogP contribution < -0.4 is 4.74 Å². The number of methoxy groups -OCH3 is 1. The minimum atomic E-state index is -0.779. The van der Waals surface area contributed by atoms with Crippen LogP contribution in [0.5, 0.6) is 23.0 Å². The number of hydrogen-bond acceptors (Lipinski definition) is 5. The van der Waals surface area contributed by atoms with Crippen LogP contribution in [0, 0.1) is 0 Å². The van der Waals surface area contributed by atoms with E-state index in [0.717, 1.165) is 0 Å². The molecule has 2 aromatic rings. The number of hydrogen-bond donors (Lipinski definition) is 3. The highest BCUT2D eigenvalue weighted by Crippen LogP contribution is 2.44. The van der Waals surface area contributed by atoms with Gasteiger partial charge in [-0.1, -0.05) is 30.3 Å². The number of ketones is 1. The number of aromatic hydroxyl groups is 3. The third-order valence-corrected chi connectivity index (χ3v) is 2.71. The molecule has 0 aliphatic carbocycles. The minimum absolute atomic E-state index is 0.0884. The van der Waals surface area contributed by atoms with Gasteiger partial charge in [0.1, 0.15) is 0 Å². The van der Waals surface area contributed by atoms with Gasteiger partial charge in [-0.25, -0.2) is 0 Å². The van der Waals surface area contributed by atoms with E-state index in [1.54, 1.807) is 30.3 Å². The lowest BCUT2D eigenvalue weighted by Crippen LogP contribution is -2.02. The Labute approximate surface area is 109 Å². The maximum Gasteiger partial charge on any atom is 0.205 e. The molecule has 0 atom stereocenters. The van der Waals surface area contributed by atoms with Crippen molar-refractivity contribution in [2.24, 2.45) is 0 Å². The van der Waals surface area contributed by atoms with Crippen molar-refractivity contribution < 1.29 is 24.9 Å². The molecule has 0 amide bonds. The Hall–Kier alpha value is -2.69. The normalized spacial score (nSPS) is 10.2. The molecule has 0 saturated carbocycles. The molecule has 0 spiro atoms. The van der Waals surface area contributed by atoms with Gasteiger partial charge in [0, 0.05) is 5.56 Å². The van der Waals surface area contributed by atoms with E-state index >= 15 is 0 Å². The molecule has 19 heavy (non-hydrogen) atoms. The highest BCUT2D eigenvalue weighted by molar-refractivity contribution is 6.11. The van der Waals surface area contributed by atoms with Crippen molar-refractivity contribution >= 4 is 5.78 Å². The minimum Gasteiger partial charge on any atom is -0.504 e. The third-order valence-electron chi connectivity index (χ3n) is 2.71. The van der Waals surface area contributed by atoms with Crippen LogP contribution >= 0.6 is 0 Å². The van der Waals surface area contributed by atoms with Crippen LogP contribution in [-0.2, 0) is 0 Å². The van der Waals surface area contributed by atoms with Crippen LogP contribution in [0.4, 0.5) is 0 Å². The van der Waals surface area contributed by atoms with Crippen molar-refractivity contribution in [3.05, 3.63) is 47.5 Å². The molecule has 0 aromatic heterocycles. The van der Waals surface area contributed by atoms with Gasteiger partial charge in [-0.2, -0.15) is 0 Å². The summed E-state index contributed by atoms with van der Waals surface area (Å²) in [5.41, 5.74) is 0.211. The van der Waals surface area contributed by atoms with Gasteiger partial charge in [-0.05, 0) is 6.07 Å². The van der Waals surface area contributed by atoms with E-state index in [-0.39, 0.29) is 11.3 Å². The summed E-state index contributed by atoms with van der Waals surface area (Å²) in [6, 6.07) is 9.46. The van der Waals surface area contributed by atoms with Crippen molar-refractivity contribution in [1.82, 2.24) is 0 Å². The van der Waals surface area contributed by atoms with Crippen molar-refractivity contribution in [2.45, 2.75) is 0 Å². The first-order chi connectivity index (χ1) is 9.06. The van der Waals surface area contributed by atoms with E-state index < -0.39 is 23.0 Å². The Balaban J connectivity index is 2.57. The molecule has 0 aliphatic rings. The maximum atomic E-state index is 12.2. The predicted octanol–water partition coefficient (Wildman–Crippen LogP) is 2.04. The van der Waals surface area contributed by atoms with E-state index in [0.29, 0.717) is 5.56 Å². The first kappa shape index (κ1) is 12.8. The predicted molar refractivity (Wildman–Crippen MR) is 67.9 cm³/mol. The molecule has 0 bridgehead atoms. The summed E-state index contributed by atoms with van der Waals surface area (Å²) in [6.07, 6.45) is 0. The van der Waals surface area contributed by atoms with Crippen molar-refractivity contribution in [1.29, 1.82) is 0 Å². The molecule has 5 nitrogen and oxygen atoms in total. The highest BCUT2D eigenvalue weighted by Gasteiger charge is 2.22. The van der Waals surface area contributed by atoms with Crippen LogP contribution in [0.3, 0.4) is 0 Å². The average Bonchev–Trinajstić information content (AvgIpc) is 2.45. The van der Waals surface area contributed by atoms with Gasteiger partial charge < -0.3 is 20.1 Å². The molecule has 0 radical (unpaired) electrons. The number of phenols is 3. The molecule has 0 saturated heterocycles. The fourth-order valence-electron chi connectivity index (χ4n) is 1.70. The molecule has 0 fully saturated rings. The number of rotatable bonds is 3. The summed E-state index contributed by atoms with van der Waals surface area (Å²) in [7, 11) is 1.28. The monoisotopic (exact) mass is 260 g/mol. The number of carbonyl (C=O) groups excluding carboxylic acids is 1. The van der Waals surface area contributed by atoms with Crippen molar-refractivity contribution in [2.75, 3.05) is 7.11 Å². The van der Waals surface area contributed by atoms with Crippen LogP contribution in [0.1, 0.15) is 15.9 Å². The molecule has 2 rings (SSSR count). The lowest BCUT2D eigenvalue weighted by Gasteiger charge is -2.10. The van der Waals surface area contributed by atoms with E-state index in [2.05, 4.69) is 0 Å². The molecule has 5 heteroatoms. The van der Waals surface area contributed by atoms with Gasteiger partial charge in [0.25, 0.3) is 0 Å². The molecular weight excluding hydrogens is 248 g/mol. The van der Waals surface area contributed by atoms with E-state index in [4.69, 9.17) is 4.74 Å². The quantitative estimate of drug-likeness (QED) is 0.580. The topological polar surface area (TPSA) is 87.0 Å². The molecule has 0 unspecified atom stereocenters. The smallest absolute Gasteiger partial charge is 0.205 e. The zero-order chi connectivity index (χ0) is 14.0. The van der Waals surface area contributed by atoms with Crippen LogP contribution in [0.2, 0.25) is 0 Å². The molecule has 2 aromatic carbocycles. The standard InChI is InChI=1S/C14H12O5/c1-19-10-7-9(12(16)14(18)13(10)17)11(15)8-5-3-2-4-6-8/h2-7,16-18H,1H3. The number of phenolic OH excluding ortho intramolecular Hbond substituents is 3. The SMILES string of the molecule is COc1cc(C(=O)c2ccccc2)c(O)c(O)c1O. The van der Waals surface area contributed by atoms with E-state index in [1.807, 2.05) is 0 Å². The zero-order valence-corrected chi connectivity index (χ0v) is 10.1. The van der Waals surface area contributed by atoms with Gasteiger partial charge >= 0.3 is 0 Å². The summed E-state index contributed by atoms with van der Waals surface area (Å²) in [4.78, 5) is 12.2. The van der Waals surface area contributed by atoms with Crippen LogP contribution in [-0.4, -0.2) is 28.2 Å². The number of carbonyl (C=O) groups is 1. The second-order valence-corrected chi connectivity index (χ2v) is 3.87. The van der Waals surface area contributed by atoms with Crippen molar-refractivity contribution in [3.8, 4) is 23.0 Å². The molecule has 0 aliphatic heterocycles. The first-order valence-electron chi connectivity index (χ1n) is 5.48. The second-order valence-electron chi connectivity index (χ2n) is 3.87. The Morgan fingerprint density at radius 2 is 1.63 bits per heavy atom. The van der Waals surface area contributed by atoms with Gasteiger partial charge in [-0.3, -0.25) is 4.79 Å². The van der Waals surface area contributed by atoms with Crippen molar-refractivity contribution in [3.63, 3.8) is 0 Å². The van der Waals surface area contributed by atoms with Gasteiger partial charge in [0.15, 0.2) is 17.3 Å². The molecule has 0 heterocycles. The lowest BCUT2D eigenvalue weighted by atomic mass is 10.0. The summed E-state index contributed by atoms with van der Waals surface area (Å²) < 4.78 is 4.83. The average molecular weight is 260 g/mol. The molecular formula is C14H12O5. The summed E-state index contributed by atoms with van der Waals surface area (Å²) >= 11 is 0. The summed E-state index contributed by atoms with van der Waals surface area (Å²) in [5, 5.41) is 28.8. The van der Waals surface area contributed by atoms with Gasteiger partial charge in [0.2, 0.25) is 11.5 Å². The maximum absolute atomic E-state index is 12.2. The van der Waals surface area contributed by atoms with E-state index in [9.17, 15) is 20.1 Å². The largest absolute Gasteiger partial charge is 0.504 e. The Morgan fingerprint density at radius 1 is 1.00 bits per heavy atom. The molecule has 98 valence electrons. The van der Waals surface area contributed by atoms with Gasteiger partial charge in [0.05, 0.1) is 12.7 Å². The fourth-order valence-corrected chi connectivity index (χ4v) is 1.70. The Bertz CT molecular complexity index is 619. The Kier molecular flexibility index (Phi) is 3.29. The Morgan fingerprint density at radius 3 is 2.21 bits per heavy atom. The van der Waals surface area contributed by atoms with Gasteiger partial charge in [-0.15, -0.1) is 0 Å². The second kappa shape index (κ2) is 4.89. The summed E-state index contributed by atoms with van der Waals surface area (Å²) in [5.74, 6) is -2.63. The lowest BCUT2D eigenvalue weighted by molar-refractivity contribution is 0.103. The zero-order valence-electron chi connectivity index (χ0n) is 10.1. The highest BCUT2D eigenvalue weighted by atomic mass is 16.5.